The third-order valence-corrected chi connectivity index (χ3v) is 7.24. The minimum absolute atomic E-state index is 0.0397. The Hall–Kier alpha value is -3.03. The van der Waals surface area contributed by atoms with Gasteiger partial charge in [-0.1, -0.05) is 48.5 Å². The van der Waals surface area contributed by atoms with Gasteiger partial charge in [0.05, 0.1) is 12.8 Å². The lowest BCUT2D eigenvalue weighted by Crippen LogP contribution is -2.42. The number of rotatable bonds is 6. The van der Waals surface area contributed by atoms with E-state index in [1.807, 2.05) is 13.8 Å². The molecule has 0 aromatic heterocycles. The van der Waals surface area contributed by atoms with Gasteiger partial charge in [-0.05, 0) is 56.0 Å². The fraction of sp³-hybridized carbons (Fsp3) is 0.346. The van der Waals surface area contributed by atoms with Crippen molar-refractivity contribution in [1.29, 1.82) is 0 Å². The number of carbonyl (C=O) groups is 3. The van der Waals surface area contributed by atoms with E-state index in [-0.39, 0.29) is 22.7 Å². The molecule has 1 fully saturated rings. The molecule has 2 aromatic rings. The van der Waals surface area contributed by atoms with Crippen LogP contribution < -0.4 is 15.4 Å². The number of halogens is 2. The highest BCUT2D eigenvalue weighted by molar-refractivity contribution is 6.48. The second-order valence-electron chi connectivity index (χ2n) is 8.87. The van der Waals surface area contributed by atoms with Crippen LogP contribution in [0.4, 0.5) is 11.4 Å². The molecule has 1 aliphatic carbocycles. The molecule has 2 aliphatic rings. The van der Waals surface area contributed by atoms with Crippen LogP contribution in [0.3, 0.4) is 0 Å². The lowest BCUT2D eigenvalue weighted by molar-refractivity contribution is -0.140. The molecule has 9 heteroatoms. The average Bonchev–Trinajstić information content (AvgIpc) is 3.05. The van der Waals surface area contributed by atoms with Crippen molar-refractivity contribution in [3.8, 4) is 5.75 Å². The van der Waals surface area contributed by atoms with Gasteiger partial charge in [0.25, 0.3) is 17.7 Å². The summed E-state index contributed by atoms with van der Waals surface area (Å²) in [4.78, 5) is 40.2. The van der Waals surface area contributed by atoms with Gasteiger partial charge in [0.15, 0.2) is 0 Å². The number of hydrogen-bond acceptors (Lipinski definition) is 5. The number of imide groups is 1. The molecule has 35 heavy (non-hydrogen) atoms. The molecular weight excluding hydrogens is 489 g/mol. The largest absolute Gasteiger partial charge is 0.495 e. The van der Waals surface area contributed by atoms with Crippen molar-refractivity contribution in [3.05, 3.63) is 62.8 Å². The molecule has 4 rings (SSSR count). The number of nitrogens with zero attached hydrogens (tertiary/aromatic N) is 1. The predicted molar refractivity (Wildman–Crippen MR) is 137 cm³/mol. The van der Waals surface area contributed by atoms with Gasteiger partial charge >= 0.3 is 0 Å². The highest BCUT2D eigenvalue weighted by Gasteiger charge is 2.42. The van der Waals surface area contributed by atoms with Crippen molar-refractivity contribution in [2.45, 2.75) is 52.0 Å². The van der Waals surface area contributed by atoms with Crippen LogP contribution in [-0.4, -0.2) is 35.8 Å². The molecule has 1 aliphatic heterocycles. The smallest absolute Gasteiger partial charge is 0.279 e. The van der Waals surface area contributed by atoms with Gasteiger partial charge in [0, 0.05) is 28.4 Å². The van der Waals surface area contributed by atoms with Crippen LogP contribution in [0, 0.1) is 13.8 Å². The summed E-state index contributed by atoms with van der Waals surface area (Å²) >= 11 is 12.5. The molecule has 7 nitrogen and oxygen atoms in total. The van der Waals surface area contributed by atoms with Gasteiger partial charge < -0.3 is 15.4 Å². The molecule has 3 amide bonds. The zero-order chi connectivity index (χ0) is 25.3. The monoisotopic (exact) mass is 515 g/mol. The highest BCUT2D eigenvalue weighted by Crippen LogP contribution is 2.34. The molecule has 0 bridgehead atoms. The molecule has 1 saturated carbocycles. The van der Waals surface area contributed by atoms with E-state index in [0.717, 1.165) is 43.2 Å². The number of carbonyl (C=O) groups excluding carboxylic acids is 3. The van der Waals surface area contributed by atoms with Gasteiger partial charge in [-0.25, -0.2) is 0 Å². The molecule has 184 valence electrons. The van der Waals surface area contributed by atoms with Crippen molar-refractivity contribution in [1.82, 2.24) is 4.90 Å². The van der Waals surface area contributed by atoms with Crippen LogP contribution >= 0.6 is 23.2 Å². The second-order valence-corrected chi connectivity index (χ2v) is 9.66. The van der Waals surface area contributed by atoms with Crippen LogP contribution in [-0.2, 0) is 9.59 Å². The Labute approximate surface area is 214 Å². The van der Waals surface area contributed by atoms with E-state index in [2.05, 4.69) is 10.6 Å². The zero-order valence-corrected chi connectivity index (χ0v) is 21.3. The maximum atomic E-state index is 13.1. The minimum Gasteiger partial charge on any atom is -0.495 e. The van der Waals surface area contributed by atoms with E-state index in [9.17, 15) is 14.4 Å². The Kier molecular flexibility index (Phi) is 7.38. The summed E-state index contributed by atoms with van der Waals surface area (Å²) in [6.07, 6.45) is 4.65. The first-order chi connectivity index (χ1) is 16.7. The van der Waals surface area contributed by atoms with Gasteiger partial charge in [-0.2, -0.15) is 0 Å². The normalized spacial score (nSPS) is 16.7. The number of methoxy groups -OCH3 is 1. The van der Waals surface area contributed by atoms with Crippen molar-refractivity contribution in [2.24, 2.45) is 0 Å². The Morgan fingerprint density at radius 1 is 0.971 bits per heavy atom. The Balaban J connectivity index is 1.56. The third kappa shape index (κ3) is 5.02. The molecular formula is C26H27Cl2N3O4. The highest BCUT2D eigenvalue weighted by atomic mass is 35.5. The summed E-state index contributed by atoms with van der Waals surface area (Å²) in [6.45, 7) is 3.67. The first kappa shape index (κ1) is 25.1. The number of anilines is 2. The molecule has 0 spiro atoms. The van der Waals surface area contributed by atoms with Crippen LogP contribution in [0.5, 0.6) is 5.75 Å². The number of nitrogens with one attached hydrogen (secondary N) is 2. The second kappa shape index (κ2) is 10.3. The van der Waals surface area contributed by atoms with Crippen LogP contribution in [0.15, 0.2) is 41.1 Å². The molecule has 0 unspecified atom stereocenters. The summed E-state index contributed by atoms with van der Waals surface area (Å²) in [7, 11) is 1.50. The standard InChI is InChI=1S/C26H27Cl2N3O4/c1-14-9-10-16(24(32)30-20-11-15(2)18(27)13-21(20)35-3)12-19(14)29-23-22(28)25(33)31(26(23)34)17-7-5-4-6-8-17/h9-13,17,29H,4-8H2,1-3H3,(H,30,32). The SMILES string of the molecule is COc1cc(Cl)c(C)cc1NC(=O)c1ccc(C)c(NC2=C(Cl)C(=O)N(C3CCCCC3)C2=O)c1. The summed E-state index contributed by atoms with van der Waals surface area (Å²) in [6, 6.07) is 8.31. The Bertz CT molecular complexity index is 1240. The van der Waals surface area contributed by atoms with Gasteiger partial charge in [0.1, 0.15) is 16.5 Å². The lowest BCUT2D eigenvalue weighted by atomic mass is 9.94. The van der Waals surface area contributed by atoms with E-state index in [4.69, 9.17) is 27.9 Å². The maximum absolute atomic E-state index is 13.1. The quantitative estimate of drug-likeness (QED) is 0.476. The van der Waals surface area contributed by atoms with Crippen molar-refractivity contribution in [3.63, 3.8) is 0 Å². The van der Waals surface area contributed by atoms with E-state index in [0.29, 0.717) is 27.7 Å². The topological polar surface area (TPSA) is 87.7 Å². The number of amides is 3. The molecule has 0 saturated heterocycles. The van der Waals surface area contributed by atoms with E-state index < -0.39 is 11.8 Å². The molecule has 2 aromatic carbocycles. The van der Waals surface area contributed by atoms with E-state index in [1.54, 1.807) is 30.3 Å². The van der Waals surface area contributed by atoms with Crippen LogP contribution in [0.25, 0.3) is 0 Å². The number of aryl methyl sites for hydroxylation is 2. The first-order valence-corrected chi connectivity index (χ1v) is 12.3. The number of hydrogen-bond donors (Lipinski definition) is 2. The summed E-state index contributed by atoms with van der Waals surface area (Å²) < 4.78 is 5.34. The Morgan fingerprint density at radius 2 is 1.69 bits per heavy atom. The van der Waals surface area contributed by atoms with Crippen molar-refractivity contribution in [2.75, 3.05) is 17.7 Å². The fourth-order valence-corrected chi connectivity index (χ4v) is 4.83. The van der Waals surface area contributed by atoms with Crippen LogP contribution in [0.1, 0.15) is 53.6 Å². The molecule has 0 radical (unpaired) electrons. The maximum Gasteiger partial charge on any atom is 0.279 e. The average molecular weight is 516 g/mol. The predicted octanol–water partition coefficient (Wildman–Crippen LogP) is 5.78. The Morgan fingerprint density at radius 3 is 2.37 bits per heavy atom. The summed E-state index contributed by atoms with van der Waals surface area (Å²) in [5, 5.41) is 6.27. The van der Waals surface area contributed by atoms with Gasteiger partial charge in [-0.15, -0.1) is 0 Å². The number of benzene rings is 2. The molecule has 2 N–H and O–H groups in total. The van der Waals surface area contributed by atoms with Crippen molar-refractivity contribution >= 4 is 52.3 Å². The van der Waals surface area contributed by atoms with Crippen LogP contribution in [0.2, 0.25) is 5.02 Å². The van der Waals surface area contributed by atoms with Crippen molar-refractivity contribution < 1.29 is 19.1 Å². The van der Waals surface area contributed by atoms with Gasteiger partial charge in [0.2, 0.25) is 0 Å². The third-order valence-electron chi connectivity index (χ3n) is 6.49. The summed E-state index contributed by atoms with van der Waals surface area (Å²) in [5.41, 5.74) is 2.97. The van der Waals surface area contributed by atoms with E-state index in [1.165, 1.54) is 12.0 Å². The zero-order valence-electron chi connectivity index (χ0n) is 19.8. The first-order valence-electron chi connectivity index (χ1n) is 11.5. The number of ether oxygens (including phenoxy) is 1. The summed E-state index contributed by atoms with van der Waals surface area (Å²) in [5.74, 6) is -0.828. The van der Waals surface area contributed by atoms with Gasteiger partial charge in [-0.3, -0.25) is 19.3 Å². The molecule has 1 heterocycles. The fourth-order valence-electron chi connectivity index (χ4n) is 4.46. The van der Waals surface area contributed by atoms with E-state index >= 15 is 0 Å². The minimum atomic E-state index is -0.470. The molecule has 0 atom stereocenters. The lowest BCUT2D eigenvalue weighted by Gasteiger charge is -2.29.